The molecule has 2 rings (SSSR count). The van der Waals surface area contributed by atoms with E-state index in [1.807, 2.05) is 0 Å². The zero-order valence-corrected chi connectivity index (χ0v) is 7.97. The Morgan fingerprint density at radius 1 is 1.43 bits per heavy atom. The van der Waals surface area contributed by atoms with Crippen molar-refractivity contribution in [2.45, 2.75) is 19.8 Å². The number of carbonyl (C=O) groups is 1. The van der Waals surface area contributed by atoms with Gasteiger partial charge in [-0.2, -0.15) is 0 Å². The van der Waals surface area contributed by atoms with Crippen LogP contribution in [0, 0.1) is 12.7 Å². The van der Waals surface area contributed by atoms with Crippen molar-refractivity contribution in [1.29, 1.82) is 0 Å². The molecule has 1 aliphatic rings. The number of hydrogen-bond acceptors (Lipinski definition) is 2. The second kappa shape index (κ2) is 3.40. The van der Waals surface area contributed by atoms with Crippen molar-refractivity contribution in [3.05, 3.63) is 29.1 Å². The van der Waals surface area contributed by atoms with Crippen molar-refractivity contribution < 1.29 is 13.9 Å². The number of fused-ring (bicyclic) bond motifs is 1. The molecule has 1 aliphatic heterocycles. The van der Waals surface area contributed by atoms with Gasteiger partial charge in [0.05, 0.1) is 12.2 Å². The standard InChI is InChI=1S/C11H11FO2/c1-7-4-5-8(12)11-10(7)9(13)3-2-6-14-11/h4-5H,2-3,6H2,1H3. The first-order valence-corrected chi connectivity index (χ1v) is 4.65. The number of hydrogen-bond donors (Lipinski definition) is 0. The highest BCUT2D eigenvalue weighted by Gasteiger charge is 2.21. The van der Waals surface area contributed by atoms with Crippen molar-refractivity contribution in [2.24, 2.45) is 0 Å². The second-order valence-electron chi connectivity index (χ2n) is 3.44. The molecule has 0 aliphatic carbocycles. The van der Waals surface area contributed by atoms with Gasteiger partial charge in [-0.15, -0.1) is 0 Å². The fraction of sp³-hybridized carbons (Fsp3) is 0.364. The quantitative estimate of drug-likeness (QED) is 0.634. The molecule has 2 nitrogen and oxygen atoms in total. The van der Waals surface area contributed by atoms with Gasteiger partial charge in [0.15, 0.2) is 17.3 Å². The molecule has 0 saturated heterocycles. The highest BCUT2D eigenvalue weighted by atomic mass is 19.1. The Morgan fingerprint density at radius 2 is 2.21 bits per heavy atom. The molecule has 1 aromatic carbocycles. The third kappa shape index (κ3) is 1.39. The summed E-state index contributed by atoms with van der Waals surface area (Å²) in [4.78, 5) is 11.6. The highest BCUT2D eigenvalue weighted by molar-refractivity contribution is 6.00. The van der Waals surface area contributed by atoms with E-state index in [1.54, 1.807) is 13.0 Å². The monoisotopic (exact) mass is 194 g/mol. The van der Waals surface area contributed by atoms with Crippen LogP contribution in [0.15, 0.2) is 12.1 Å². The zero-order chi connectivity index (χ0) is 10.1. The summed E-state index contributed by atoms with van der Waals surface area (Å²) in [5.74, 6) is -0.331. The van der Waals surface area contributed by atoms with Crippen molar-refractivity contribution in [3.63, 3.8) is 0 Å². The minimum absolute atomic E-state index is 0.0190. The van der Waals surface area contributed by atoms with Crippen LogP contribution in [0.25, 0.3) is 0 Å². The van der Waals surface area contributed by atoms with Gasteiger partial charge in [-0.05, 0) is 25.0 Å². The Bertz CT molecular complexity index is 385. The number of carbonyl (C=O) groups excluding carboxylic acids is 1. The second-order valence-corrected chi connectivity index (χ2v) is 3.44. The average Bonchev–Trinajstić information content (AvgIpc) is 2.35. The molecule has 0 N–H and O–H groups in total. The maximum Gasteiger partial charge on any atom is 0.167 e. The van der Waals surface area contributed by atoms with Gasteiger partial charge in [0.1, 0.15) is 0 Å². The van der Waals surface area contributed by atoms with Gasteiger partial charge in [-0.3, -0.25) is 4.79 Å². The summed E-state index contributed by atoms with van der Waals surface area (Å²) in [5.41, 5.74) is 1.20. The number of rotatable bonds is 0. The van der Waals surface area contributed by atoms with Gasteiger partial charge < -0.3 is 4.74 Å². The normalized spacial score (nSPS) is 15.7. The fourth-order valence-electron chi connectivity index (χ4n) is 1.68. The lowest BCUT2D eigenvalue weighted by Crippen LogP contribution is -2.02. The van der Waals surface area contributed by atoms with Crippen LogP contribution in [0.3, 0.4) is 0 Å². The van der Waals surface area contributed by atoms with E-state index in [-0.39, 0.29) is 11.5 Å². The Labute approximate surface area is 81.7 Å². The lowest BCUT2D eigenvalue weighted by molar-refractivity contribution is 0.0982. The van der Waals surface area contributed by atoms with Gasteiger partial charge in [0, 0.05) is 6.42 Å². The van der Waals surface area contributed by atoms with E-state index in [0.717, 1.165) is 5.56 Å². The van der Waals surface area contributed by atoms with Crippen molar-refractivity contribution in [1.82, 2.24) is 0 Å². The number of halogens is 1. The number of ether oxygens (including phenoxy) is 1. The first-order chi connectivity index (χ1) is 6.70. The molecule has 0 bridgehead atoms. The maximum atomic E-state index is 13.3. The molecule has 0 atom stereocenters. The van der Waals surface area contributed by atoms with E-state index < -0.39 is 5.82 Å². The molecule has 0 radical (unpaired) electrons. The summed E-state index contributed by atoms with van der Waals surface area (Å²) in [6.07, 6.45) is 1.10. The minimum atomic E-state index is -0.444. The first kappa shape index (κ1) is 9.19. The zero-order valence-electron chi connectivity index (χ0n) is 7.97. The molecule has 0 amide bonds. The van der Waals surface area contributed by atoms with Gasteiger partial charge in [-0.25, -0.2) is 4.39 Å². The molecule has 0 aromatic heterocycles. The van der Waals surface area contributed by atoms with Crippen LogP contribution in [-0.4, -0.2) is 12.4 Å². The van der Waals surface area contributed by atoms with E-state index >= 15 is 0 Å². The topological polar surface area (TPSA) is 26.3 Å². The highest BCUT2D eigenvalue weighted by Crippen LogP contribution is 2.29. The Balaban J connectivity index is 2.62. The van der Waals surface area contributed by atoms with E-state index in [1.165, 1.54) is 6.07 Å². The molecular formula is C11H11FO2. The lowest BCUT2D eigenvalue weighted by Gasteiger charge is -2.09. The number of Topliss-reactive ketones (excluding diaryl/α,β-unsaturated/α-hetero) is 1. The molecule has 1 aromatic rings. The van der Waals surface area contributed by atoms with Gasteiger partial charge >= 0.3 is 0 Å². The third-order valence-corrected chi connectivity index (χ3v) is 2.39. The summed E-state index contributed by atoms with van der Waals surface area (Å²) in [6, 6.07) is 2.95. The van der Waals surface area contributed by atoms with Crippen LogP contribution >= 0.6 is 0 Å². The predicted octanol–water partition coefficient (Wildman–Crippen LogP) is 2.49. The van der Waals surface area contributed by atoms with Crippen molar-refractivity contribution in [3.8, 4) is 5.75 Å². The van der Waals surface area contributed by atoms with Crippen LogP contribution in [0.4, 0.5) is 4.39 Å². The summed E-state index contributed by atoms with van der Waals surface area (Å²) in [6.45, 7) is 2.21. The van der Waals surface area contributed by atoms with Gasteiger partial charge in [-0.1, -0.05) is 6.07 Å². The number of aryl methyl sites for hydroxylation is 1. The predicted molar refractivity (Wildman–Crippen MR) is 50.2 cm³/mol. The van der Waals surface area contributed by atoms with Gasteiger partial charge in [0.2, 0.25) is 0 Å². The van der Waals surface area contributed by atoms with Gasteiger partial charge in [0.25, 0.3) is 0 Å². The van der Waals surface area contributed by atoms with E-state index in [0.29, 0.717) is 25.0 Å². The first-order valence-electron chi connectivity index (χ1n) is 4.65. The number of ketones is 1. The molecule has 0 fully saturated rings. The van der Waals surface area contributed by atoms with Crippen LogP contribution in [0.2, 0.25) is 0 Å². The summed E-state index contributed by atoms with van der Waals surface area (Å²) >= 11 is 0. The summed E-state index contributed by atoms with van der Waals surface area (Å²) < 4.78 is 18.6. The largest absolute Gasteiger partial charge is 0.490 e. The molecule has 1 heterocycles. The minimum Gasteiger partial charge on any atom is -0.490 e. The Kier molecular flexibility index (Phi) is 2.23. The molecule has 74 valence electrons. The van der Waals surface area contributed by atoms with Crippen LogP contribution in [-0.2, 0) is 0 Å². The van der Waals surface area contributed by atoms with E-state index in [4.69, 9.17) is 4.74 Å². The van der Waals surface area contributed by atoms with Crippen LogP contribution in [0.5, 0.6) is 5.75 Å². The van der Waals surface area contributed by atoms with Crippen molar-refractivity contribution >= 4 is 5.78 Å². The Morgan fingerprint density at radius 3 is 3.00 bits per heavy atom. The smallest absolute Gasteiger partial charge is 0.167 e. The molecule has 0 unspecified atom stereocenters. The molecule has 3 heteroatoms. The SMILES string of the molecule is Cc1ccc(F)c2c1C(=O)CCCO2. The van der Waals surface area contributed by atoms with Crippen LogP contribution in [0.1, 0.15) is 28.8 Å². The van der Waals surface area contributed by atoms with Crippen molar-refractivity contribution in [2.75, 3.05) is 6.61 Å². The van der Waals surface area contributed by atoms with E-state index in [9.17, 15) is 9.18 Å². The molecular weight excluding hydrogens is 183 g/mol. The summed E-state index contributed by atoms with van der Waals surface area (Å²) in [7, 11) is 0. The van der Waals surface area contributed by atoms with E-state index in [2.05, 4.69) is 0 Å². The Hall–Kier alpha value is -1.38. The fourth-order valence-corrected chi connectivity index (χ4v) is 1.68. The summed E-state index contributed by atoms with van der Waals surface area (Å²) in [5, 5.41) is 0. The molecule has 0 spiro atoms. The molecule has 0 saturated carbocycles. The lowest BCUT2D eigenvalue weighted by atomic mass is 10.0. The third-order valence-electron chi connectivity index (χ3n) is 2.39. The molecule has 14 heavy (non-hydrogen) atoms. The van der Waals surface area contributed by atoms with Crippen LogP contribution < -0.4 is 4.74 Å². The average molecular weight is 194 g/mol. The maximum absolute atomic E-state index is 13.3. The number of benzene rings is 1.